The van der Waals surface area contributed by atoms with E-state index < -0.39 is 0 Å². The third-order valence-electron chi connectivity index (χ3n) is 5.56. The van der Waals surface area contributed by atoms with Gasteiger partial charge in [0.2, 0.25) is 5.91 Å². The first kappa shape index (κ1) is 20.1. The SMILES string of the molecule is COc1ccc(C)cc1NCCC(=O)N1CCN(c2cccc(C)c2C)CC1. The van der Waals surface area contributed by atoms with Crippen molar-refractivity contribution >= 4 is 17.3 Å². The van der Waals surface area contributed by atoms with Crippen molar-refractivity contribution in [3.8, 4) is 5.75 Å². The zero-order valence-electron chi connectivity index (χ0n) is 17.4. The van der Waals surface area contributed by atoms with Crippen molar-refractivity contribution in [1.29, 1.82) is 0 Å². The number of carbonyl (C=O) groups excluding carboxylic acids is 1. The van der Waals surface area contributed by atoms with E-state index in [-0.39, 0.29) is 5.91 Å². The van der Waals surface area contributed by atoms with Gasteiger partial charge in [-0.15, -0.1) is 0 Å². The van der Waals surface area contributed by atoms with Crippen LogP contribution in [0.2, 0.25) is 0 Å². The lowest BCUT2D eigenvalue weighted by atomic mass is 10.1. The van der Waals surface area contributed by atoms with Gasteiger partial charge >= 0.3 is 0 Å². The highest BCUT2D eigenvalue weighted by atomic mass is 16.5. The third kappa shape index (κ3) is 4.58. The lowest BCUT2D eigenvalue weighted by Gasteiger charge is -2.37. The van der Waals surface area contributed by atoms with Crippen LogP contribution in [0.25, 0.3) is 0 Å². The molecule has 0 radical (unpaired) electrons. The molecule has 5 heteroatoms. The minimum absolute atomic E-state index is 0.208. The van der Waals surface area contributed by atoms with Gasteiger partial charge in [0.05, 0.1) is 12.8 Å². The van der Waals surface area contributed by atoms with Crippen LogP contribution in [0.15, 0.2) is 36.4 Å². The van der Waals surface area contributed by atoms with E-state index in [4.69, 9.17) is 4.74 Å². The number of aryl methyl sites for hydroxylation is 2. The Kier molecular flexibility index (Phi) is 6.45. The molecular weight excluding hydrogens is 350 g/mol. The van der Waals surface area contributed by atoms with Crippen LogP contribution in [0.5, 0.6) is 5.75 Å². The summed E-state index contributed by atoms with van der Waals surface area (Å²) in [7, 11) is 1.66. The molecule has 1 heterocycles. The summed E-state index contributed by atoms with van der Waals surface area (Å²) >= 11 is 0. The molecule has 2 aromatic rings. The number of amides is 1. The number of benzene rings is 2. The van der Waals surface area contributed by atoms with E-state index in [2.05, 4.69) is 42.3 Å². The summed E-state index contributed by atoms with van der Waals surface area (Å²) in [6.07, 6.45) is 0.487. The minimum atomic E-state index is 0.208. The van der Waals surface area contributed by atoms with Crippen LogP contribution in [0, 0.1) is 20.8 Å². The topological polar surface area (TPSA) is 44.8 Å². The molecule has 1 aliphatic heterocycles. The highest BCUT2D eigenvalue weighted by Crippen LogP contribution is 2.26. The molecule has 3 rings (SSSR count). The first-order chi connectivity index (χ1) is 13.5. The van der Waals surface area contributed by atoms with Crippen LogP contribution in [0.4, 0.5) is 11.4 Å². The molecule has 1 fully saturated rings. The van der Waals surface area contributed by atoms with Crippen molar-refractivity contribution in [2.45, 2.75) is 27.2 Å². The van der Waals surface area contributed by atoms with Gasteiger partial charge in [-0.05, 0) is 55.7 Å². The molecular formula is C23H31N3O2. The Morgan fingerprint density at radius 2 is 1.82 bits per heavy atom. The zero-order chi connectivity index (χ0) is 20.1. The Labute approximate surface area is 168 Å². The van der Waals surface area contributed by atoms with Crippen LogP contribution in [-0.4, -0.2) is 50.6 Å². The Morgan fingerprint density at radius 3 is 2.54 bits per heavy atom. The van der Waals surface area contributed by atoms with E-state index in [1.807, 2.05) is 30.0 Å². The molecule has 0 spiro atoms. The van der Waals surface area contributed by atoms with Gasteiger partial charge < -0.3 is 19.9 Å². The molecule has 0 unspecified atom stereocenters. The van der Waals surface area contributed by atoms with Crippen molar-refractivity contribution < 1.29 is 9.53 Å². The molecule has 1 N–H and O–H groups in total. The largest absolute Gasteiger partial charge is 0.495 e. The van der Waals surface area contributed by atoms with Gasteiger partial charge in [0, 0.05) is 44.8 Å². The van der Waals surface area contributed by atoms with Gasteiger partial charge in [-0.3, -0.25) is 4.79 Å². The van der Waals surface area contributed by atoms with Crippen molar-refractivity contribution in [3.05, 3.63) is 53.1 Å². The van der Waals surface area contributed by atoms with Crippen molar-refractivity contribution in [2.24, 2.45) is 0 Å². The highest BCUT2D eigenvalue weighted by Gasteiger charge is 2.22. The minimum Gasteiger partial charge on any atom is -0.495 e. The van der Waals surface area contributed by atoms with Crippen LogP contribution >= 0.6 is 0 Å². The molecule has 5 nitrogen and oxygen atoms in total. The smallest absolute Gasteiger partial charge is 0.224 e. The van der Waals surface area contributed by atoms with Crippen LogP contribution in [-0.2, 0) is 4.79 Å². The third-order valence-corrected chi connectivity index (χ3v) is 5.56. The number of nitrogens with one attached hydrogen (secondary N) is 1. The van der Waals surface area contributed by atoms with E-state index in [9.17, 15) is 4.79 Å². The van der Waals surface area contributed by atoms with Crippen LogP contribution < -0.4 is 15.0 Å². The van der Waals surface area contributed by atoms with Crippen molar-refractivity contribution in [1.82, 2.24) is 4.90 Å². The predicted octanol–water partition coefficient (Wildman–Crippen LogP) is 3.77. The number of piperazine rings is 1. The molecule has 1 amide bonds. The Balaban J connectivity index is 1.49. The molecule has 0 bridgehead atoms. The molecule has 0 saturated carbocycles. The summed E-state index contributed by atoms with van der Waals surface area (Å²) in [6, 6.07) is 12.5. The van der Waals surface area contributed by atoms with E-state index in [0.717, 1.165) is 43.2 Å². The second-order valence-electron chi connectivity index (χ2n) is 7.47. The molecule has 0 aliphatic carbocycles. The average Bonchev–Trinajstić information content (AvgIpc) is 2.70. The maximum Gasteiger partial charge on any atom is 0.224 e. The first-order valence-corrected chi connectivity index (χ1v) is 9.97. The second-order valence-corrected chi connectivity index (χ2v) is 7.47. The van der Waals surface area contributed by atoms with E-state index in [1.54, 1.807) is 7.11 Å². The lowest BCUT2D eigenvalue weighted by molar-refractivity contribution is -0.131. The highest BCUT2D eigenvalue weighted by molar-refractivity contribution is 5.77. The molecule has 0 atom stereocenters. The lowest BCUT2D eigenvalue weighted by Crippen LogP contribution is -2.49. The number of ether oxygens (including phenoxy) is 1. The van der Waals surface area contributed by atoms with E-state index >= 15 is 0 Å². The Bertz CT molecular complexity index is 827. The summed E-state index contributed by atoms with van der Waals surface area (Å²) in [5.74, 6) is 1.01. The number of methoxy groups -OCH3 is 1. The molecule has 150 valence electrons. The summed E-state index contributed by atoms with van der Waals surface area (Å²) in [6.45, 7) is 10.3. The van der Waals surface area contributed by atoms with Gasteiger partial charge in [-0.2, -0.15) is 0 Å². The second kappa shape index (κ2) is 9.00. The maximum absolute atomic E-state index is 12.6. The fourth-order valence-corrected chi connectivity index (χ4v) is 3.70. The Hall–Kier alpha value is -2.69. The van der Waals surface area contributed by atoms with Crippen LogP contribution in [0.1, 0.15) is 23.1 Å². The molecule has 1 aliphatic rings. The fourth-order valence-electron chi connectivity index (χ4n) is 3.70. The first-order valence-electron chi connectivity index (χ1n) is 9.97. The van der Waals surface area contributed by atoms with Gasteiger partial charge in [0.25, 0.3) is 0 Å². The maximum atomic E-state index is 12.6. The number of carbonyl (C=O) groups is 1. The van der Waals surface area contributed by atoms with Gasteiger partial charge in [0.15, 0.2) is 0 Å². The summed E-state index contributed by atoms with van der Waals surface area (Å²) in [5, 5.41) is 3.34. The predicted molar refractivity (Wildman–Crippen MR) is 116 cm³/mol. The van der Waals surface area contributed by atoms with E-state index in [1.165, 1.54) is 16.8 Å². The van der Waals surface area contributed by atoms with E-state index in [0.29, 0.717) is 13.0 Å². The summed E-state index contributed by atoms with van der Waals surface area (Å²) in [4.78, 5) is 17.0. The average molecular weight is 382 g/mol. The standard InChI is InChI=1S/C23H31N3O2/c1-17-8-9-22(28-4)20(16-17)24-11-10-23(27)26-14-12-25(13-15-26)21-7-5-6-18(2)19(21)3/h5-9,16,24H,10-15H2,1-4H3. The van der Waals surface area contributed by atoms with Gasteiger partial charge in [-0.1, -0.05) is 18.2 Å². The normalized spacial score (nSPS) is 14.1. The van der Waals surface area contributed by atoms with Crippen LogP contribution in [0.3, 0.4) is 0 Å². The number of rotatable bonds is 6. The molecule has 28 heavy (non-hydrogen) atoms. The summed E-state index contributed by atoms with van der Waals surface area (Å²) in [5.41, 5.74) is 6.04. The Morgan fingerprint density at radius 1 is 1.07 bits per heavy atom. The molecule has 1 saturated heterocycles. The summed E-state index contributed by atoms with van der Waals surface area (Å²) < 4.78 is 5.38. The zero-order valence-corrected chi connectivity index (χ0v) is 17.4. The number of anilines is 2. The molecule has 2 aromatic carbocycles. The number of hydrogen-bond donors (Lipinski definition) is 1. The quantitative estimate of drug-likeness (QED) is 0.827. The van der Waals surface area contributed by atoms with Crippen molar-refractivity contribution in [2.75, 3.05) is 50.1 Å². The monoisotopic (exact) mass is 381 g/mol. The van der Waals surface area contributed by atoms with Gasteiger partial charge in [0.1, 0.15) is 5.75 Å². The molecule has 0 aromatic heterocycles. The van der Waals surface area contributed by atoms with Crippen molar-refractivity contribution in [3.63, 3.8) is 0 Å². The number of hydrogen-bond acceptors (Lipinski definition) is 4. The fraction of sp³-hybridized carbons (Fsp3) is 0.435. The van der Waals surface area contributed by atoms with Gasteiger partial charge in [-0.25, -0.2) is 0 Å². The number of nitrogens with zero attached hydrogens (tertiary/aromatic N) is 2.